The molecule has 2 atom stereocenters. The maximum atomic E-state index is 10.8. The first kappa shape index (κ1) is 5.85. The molecule has 4 heteroatoms. The standard InChI is InChI=1S/C6H7NO3/c8-5-3-1-2-4(10-3)6(9)7-5/h3-4H,1-2H2,(H,7,8,9). The van der Waals surface area contributed by atoms with Crippen LogP contribution in [0.2, 0.25) is 0 Å². The molecule has 0 radical (unpaired) electrons. The second-order valence-electron chi connectivity index (χ2n) is 2.54. The molecule has 2 unspecified atom stereocenters. The molecular formula is C6H7NO3. The van der Waals surface area contributed by atoms with Crippen LogP contribution in [0.3, 0.4) is 0 Å². The number of fused-ring (bicyclic) bond motifs is 2. The SMILES string of the molecule is O=C1NC(=O)C2CCC1O2. The summed E-state index contributed by atoms with van der Waals surface area (Å²) in [5, 5.41) is 2.24. The Morgan fingerprint density at radius 3 is 2.20 bits per heavy atom. The molecule has 0 saturated carbocycles. The van der Waals surface area contributed by atoms with Gasteiger partial charge >= 0.3 is 0 Å². The molecular weight excluding hydrogens is 134 g/mol. The highest BCUT2D eigenvalue weighted by atomic mass is 16.5. The molecule has 0 aromatic heterocycles. The van der Waals surface area contributed by atoms with Crippen molar-refractivity contribution in [3.8, 4) is 0 Å². The van der Waals surface area contributed by atoms with Crippen LogP contribution in [-0.2, 0) is 14.3 Å². The molecule has 2 rings (SSSR count). The average molecular weight is 141 g/mol. The van der Waals surface area contributed by atoms with Gasteiger partial charge in [0, 0.05) is 0 Å². The van der Waals surface area contributed by atoms with Crippen molar-refractivity contribution in [2.24, 2.45) is 0 Å². The fourth-order valence-electron chi connectivity index (χ4n) is 1.31. The van der Waals surface area contributed by atoms with Gasteiger partial charge in [-0.1, -0.05) is 0 Å². The van der Waals surface area contributed by atoms with Gasteiger partial charge in [-0.25, -0.2) is 0 Å². The van der Waals surface area contributed by atoms with E-state index >= 15 is 0 Å². The van der Waals surface area contributed by atoms with Crippen molar-refractivity contribution in [2.75, 3.05) is 0 Å². The van der Waals surface area contributed by atoms with Crippen molar-refractivity contribution in [3.05, 3.63) is 0 Å². The number of rotatable bonds is 0. The first-order chi connectivity index (χ1) is 4.77. The van der Waals surface area contributed by atoms with Crippen molar-refractivity contribution in [1.29, 1.82) is 0 Å². The quantitative estimate of drug-likeness (QED) is 0.449. The summed E-state index contributed by atoms with van der Waals surface area (Å²) in [5.74, 6) is -0.558. The molecule has 2 aliphatic heterocycles. The predicted molar refractivity (Wildman–Crippen MR) is 31.0 cm³/mol. The highest BCUT2D eigenvalue weighted by Gasteiger charge is 2.40. The summed E-state index contributed by atoms with van der Waals surface area (Å²) in [6.07, 6.45) is 0.648. The normalized spacial score (nSPS) is 38.0. The number of ether oxygens (including phenoxy) is 1. The number of carbonyl (C=O) groups is 2. The van der Waals surface area contributed by atoms with Gasteiger partial charge in [-0.2, -0.15) is 0 Å². The van der Waals surface area contributed by atoms with Crippen LogP contribution in [0.4, 0.5) is 0 Å². The first-order valence-electron chi connectivity index (χ1n) is 3.27. The van der Waals surface area contributed by atoms with E-state index in [1.807, 2.05) is 0 Å². The van der Waals surface area contributed by atoms with E-state index in [-0.39, 0.29) is 24.0 Å². The lowest BCUT2D eigenvalue weighted by atomic mass is 10.2. The van der Waals surface area contributed by atoms with Gasteiger partial charge < -0.3 is 4.74 Å². The minimum atomic E-state index is -0.359. The van der Waals surface area contributed by atoms with Gasteiger partial charge in [0.25, 0.3) is 11.8 Å². The van der Waals surface area contributed by atoms with Crippen molar-refractivity contribution >= 4 is 11.8 Å². The Hall–Kier alpha value is -0.900. The molecule has 0 spiro atoms. The van der Waals surface area contributed by atoms with Crippen molar-refractivity contribution in [2.45, 2.75) is 25.0 Å². The van der Waals surface area contributed by atoms with Crippen LogP contribution in [0, 0.1) is 0 Å². The zero-order chi connectivity index (χ0) is 7.14. The van der Waals surface area contributed by atoms with Crippen LogP contribution in [0.25, 0.3) is 0 Å². The third kappa shape index (κ3) is 0.654. The Morgan fingerprint density at radius 2 is 1.70 bits per heavy atom. The lowest BCUT2D eigenvalue weighted by molar-refractivity contribution is -0.151. The van der Waals surface area contributed by atoms with E-state index in [1.165, 1.54) is 0 Å². The second kappa shape index (κ2) is 1.79. The second-order valence-corrected chi connectivity index (χ2v) is 2.54. The van der Waals surface area contributed by atoms with Gasteiger partial charge in [0.2, 0.25) is 0 Å². The van der Waals surface area contributed by atoms with Gasteiger partial charge in [0.15, 0.2) is 0 Å². The number of hydrogen-bond donors (Lipinski definition) is 1. The molecule has 54 valence electrons. The summed E-state index contributed by atoms with van der Waals surface area (Å²) in [7, 11) is 0. The topological polar surface area (TPSA) is 55.4 Å². The maximum absolute atomic E-state index is 10.8. The molecule has 0 aromatic carbocycles. The van der Waals surface area contributed by atoms with E-state index in [0.717, 1.165) is 0 Å². The minimum Gasteiger partial charge on any atom is -0.355 e. The third-order valence-corrected chi connectivity index (χ3v) is 1.85. The Morgan fingerprint density at radius 1 is 1.20 bits per heavy atom. The largest absolute Gasteiger partial charge is 0.355 e. The summed E-state index contributed by atoms with van der Waals surface area (Å²) in [4.78, 5) is 21.6. The van der Waals surface area contributed by atoms with Crippen molar-refractivity contribution in [1.82, 2.24) is 5.32 Å². The Bertz CT molecular complexity index is 181. The molecule has 10 heavy (non-hydrogen) atoms. The van der Waals surface area contributed by atoms with E-state index in [0.29, 0.717) is 12.8 Å². The monoisotopic (exact) mass is 141 g/mol. The molecule has 4 nitrogen and oxygen atoms in total. The van der Waals surface area contributed by atoms with Crippen LogP contribution in [-0.4, -0.2) is 24.0 Å². The highest BCUT2D eigenvalue weighted by molar-refractivity contribution is 6.02. The Labute approximate surface area is 57.5 Å². The van der Waals surface area contributed by atoms with Gasteiger partial charge in [-0.3, -0.25) is 14.9 Å². The summed E-state index contributed by atoms with van der Waals surface area (Å²) >= 11 is 0. The highest BCUT2D eigenvalue weighted by Crippen LogP contribution is 2.23. The van der Waals surface area contributed by atoms with E-state index in [9.17, 15) is 9.59 Å². The van der Waals surface area contributed by atoms with Gasteiger partial charge in [-0.05, 0) is 12.8 Å². The number of carbonyl (C=O) groups excluding carboxylic acids is 2. The van der Waals surface area contributed by atoms with Crippen LogP contribution in [0.15, 0.2) is 0 Å². The lowest BCUT2D eigenvalue weighted by Gasteiger charge is -2.18. The number of nitrogens with one attached hydrogen (secondary N) is 1. The Balaban J connectivity index is 2.24. The van der Waals surface area contributed by atoms with Gasteiger partial charge in [0.1, 0.15) is 12.2 Å². The van der Waals surface area contributed by atoms with Crippen LogP contribution < -0.4 is 5.32 Å². The minimum absolute atomic E-state index is 0.279. The fourth-order valence-corrected chi connectivity index (χ4v) is 1.31. The Kier molecular flexibility index (Phi) is 1.05. The van der Waals surface area contributed by atoms with Crippen molar-refractivity contribution in [3.63, 3.8) is 0 Å². The summed E-state index contributed by atoms with van der Waals surface area (Å²) in [5.41, 5.74) is 0. The summed E-state index contributed by atoms with van der Waals surface area (Å²) in [6.45, 7) is 0. The van der Waals surface area contributed by atoms with Gasteiger partial charge in [-0.15, -0.1) is 0 Å². The molecule has 2 amide bonds. The molecule has 2 heterocycles. The van der Waals surface area contributed by atoms with Crippen molar-refractivity contribution < 1.29 is 14.3 Å². The van der Waals surface area contributed by atoms with Crippen LogP contribution >= 0.6 is 0 Å². The van der Waals surface area contributed by atoms with Crippen LogP contribution in [0.5, 0.6) is 0 Å². The van der Waals surface area contributed by atoms with E-state index < -0.39 is 0 Å². The van der Waals surface area contributed by atoms with E-state index in [2.05, 4.69) is 5.32 Å². The number of hydrogen-bond acceptors (Lipinski definition) is 3. The smallest absolute Gasteiger partial charge is 0.255 e. The molecule has 2 bridgehead atoms. The summed E-state index contributed by atoms with van der Waals surface area (Å²) in [6, 6.07) is 0. The molecule has 0 aromatic rings. The molecule has 2 saturated heterocycles. The maximum Gasteiger partial charge on any atom is 0.255 e. The fraction of sp³-hybridized carbons (Fsp3) is 0.667. The summed E-state index contributed by atoms with van der Waals surface area (Å²) < 4.78 is 5.06. The molecule has 2 aliphatic rings. The first-order valence-corrected chi connectivity index (χ1v) is 3.27. The zero-order valence-corrected chi connectivity index (χ0v) is 5.29. The zero-order valence-electron chi connectivity index (χ0n) is 5.29. The van der Waals surface area contributed by atoms with Gasteiger partial charge in [0.05, 0.1) is 0 Å². The third-order valence-electron chi connectivity index (χ3n) is 1.85. The molecule has 1 N–H and O–H groups in total. The molecule has 0 aliphatic carbocycles. The van der Waals surface area contributed by atoms with E-state index in [4.69, 9.17) is 4.74 Å². The lowest BCUT2D eigenvalue weighted by Crippen LogP contribution is -2.48. The van der Waals surface area contributed by atoms with E-state index in [1.54, 1.807) is 0 Å². The number of morpholine rings is 1. The average Bonchev–Trinajstić information content (AvgIpc) is 2.28. The number of imide groups is 1. The molecule has 2 fully saturated rings. The van der Waals surface area contributed by atoms with Crippen LogP contribution in [0.1, 0.15) is 12.8 Å². The number of amides is 2. The predicted octanol–water partition coefficient (Wildman–Crippen LogP) is -0.810.